The van der Waals surface area contributed by atoms with Crippen molar-refractivity contribution in [3.05, 3.63) is 29.8 Å². The van der Waals surface area contributed by atoms with Crippen LogP contribution in [0.2, 0.25) is 0 Å². The Bertz CT molecular complexity index is 2470. The maximum atomic E-state index is 14.6. The molecule has 7 N–H and O–H groups in total. The van der Waals surface area contributed by atoms with Crippen molar-refractivity contribution in [2.75, 3.05) is 66.5 Å². The first-order valence-electron chi connectivity index (χ1n) is 32.2. The van der Waals surface area contributed by atoms with Gasteiger partial charge >= 0.3 is 12.0 Å². The Morgan fingerprint density at radius 3 is 2.08 bits per heavy atom. The predicted octanol–water partition coefficient (Wildman–Crippen LogP) is 6.40. The molecule has 22 nitrogen and oxygen atoms in total. The van der Waals surface area contributed by atoms with Gasteiger partial charge in [0.1, 0.15) is 11.6 Å². The van der Waals surface area contributed by atoms with Gasteiger partial charge in [0.15, 0.2) is 11.6 Å². The molecule has 1 aromatic carbocycles. The van der Waals surface area contributed by atoms with Crippen LogP contribution < -0.4 is 21.7 Å². The standard InChI is InChI=1S/C66H107N7O15/c1-13-41(6)61(72(10)65(84)50(39(2)3)36-55(78)62-46-22-25-49(34-46)71(62)9)56(86-11)37-58(80)73-28-15-18-51(73)63(87-12)43(8)53(76)33-45(38-74)32-44-20-23-48(24-21-44)69-64(83)47(17-14-27-68-66(67)85)35-54(77)60(40(4)5)70-57(79)26-30-88-29-16-19-52(75)42(7)31-59(81)82/h20-21,23-24,39-43,45-47,49-51,56,60-63,74H,13-19,22,25-38H2,1-12H3,(H,69,83)(H,70,79)(H,81,82)(H3,67,68,85)/t41-,42?,43-,45+,46-,47+,49-,50-,51-,56+,60-,61-,62-,63+/m0/s1. The van der Waals surface area contributed by atoms with E-state index in [4.69, 9.17) is 25.1 Å². The number of carboxylic acids is 1. The second-order valence-corrected chi connectivity index (χ2v) is 26.1. The number of carboxylic acid groups (broad SMARTS) is 1. The maximum Gasteiger partial charge on any atom is 0.312 e. The minimum absolute atomic E-state index is 0.000695. The lowest BCUT2D eigenvalue weighted by atomic mass is 9.83. The van der Waals surface area contributed by atoms with Gasteiger partial charge in [-0.15, -0.1) is 0 Å². The van der Waals surface area contributed by atoms with E-state index in [1.807, 2.05) is 27.8 Å². The molecule has 1 aliphatic carbocycles. The van der Waals surface area contributed by atoms with Gasteiger partial charge in [0.05, 0.1) is 55.8 Å². The molecular weight excluding hydrogens is 1130 g/mol. The van der Waals surface area contributed by atoms with Crippen molar-refractivity contribution in [3.8, 4) is 0 Å². The molecule has 0 spiro atoms. The first-order chi connectivity index (χ1) is 41.7. The molecule has 88 heavy (non-hydrogen) atoms. The smallest absolute Gasteiger partial charge is 0.312 e. The Kier molecular flexibility index (Phi) is 31.3. The average molecular weight is 1240 g/mol. The first-order valence-corrected chi connectivity index (χ1v) is 32.2. The highest BCUT2D eigenvalue weighted by Crippen LogP contribution is 2.43. The molecule has 2 heterocycles. The summed E-state index contributed by atoms with van der Waals surface area (Å²) in [5.74, 6) is -5.94. The molecule has 0 radical (unpaired) electrons. The zero-order chi connectivity index (χ0) is 65.5. The lowest BCUT2D eigenvalue weighted by Crippen LogP contribution is -2.54. The molecule has 1 aromatic rings. The third kappa shape index (κ3) is 22.1. The number of amides is 6. The third-order valence-corrected chi connectivity index (χ3v) is 19.0. The number of anilines is 1. The van der Waals surface area contributed by atoms with Gasteiger partial charge in [0, 0.05) is 115 Å². The number of ether oxygens (including phenoxy) is 3. The number of likely N-dealkylation sites (N-methyl/N-ethyl adjacent to an activating group) is 2. The second-order valence-electron chi connectivity index (χ2n) is 26.1. The first kappa shape index (κ1) is 74.8. The SMILES string of the molecule is CC[C@H](C)[C@@H]([C@@H](CC(=O)N1CCC[C@H]1[C@H](OC)[C@@H](C)C(=O)C[C@H](CO)Cc1ccc(NC(=O)[C@H](CCCNC(N)=O)CC(=O)[C@@H](NC(=O)CCOCCCC(=O)C(C)CC(=O)O)C(C)C)cc1)OC)N(C)C(=O)[C@@H](CC(=O)[C@@H]1[C@H]2CC[C@@H](C2)N1C)C(C)C. The summed E-state index contributed by atoms with van der Waals surface area (Å²) in [6.45, 7) is 15.6. The number of rotatable bonds is 42. The van der Waals surface area contributed by atoms with Gasteiger partial charge < -0.3 is 55.9 Å². The molecule has 3 fully saturated rings. The van der Waals surface area contributed by atoms with Gasteiger partial charge in [0.2, 0.25) is 23.6 Å². The molecule has 2 bridgehead atoms. The number of fused-ring (bicyclic) bond motifs is 2. The number of aliphatic hydroxyl groups excluding tert-OH is 1. The van der Waals surface area contributed by atoms with E-state index in [1.54, 1.807) is 83.0 Å². The Morgan fingerprint density at radius 1 is 0.807 bits per heavy atom. The van der Waals surface area contributed by atoms with Gasteiger partial charge in [-0.3, -0.25) is 48.1 Å². The molecule has 1 saturated carbocycles. The van der Waals surface area contributed by atoms with Crippen molar-refractivity contribution in [1.82, 2.24) is 25.3 Å². The van der Waals surface area contributed by atoms with Crippen LogP contribution in [0.3, 0.4) is 0 Å². The summed E-state index contributed by atoms with van der Waals surface area (Å²) >= 11 is 0. The van der Waals surface area contributed by atoms with E-state index in [-0.39, 0.29) is 136 Å². The summed E-state index contributed by atoms with van der Waals surface area (Å²) in [6, 6.07) is 4.74. The summed E-state index contributed by atoms with van der Waals surface area (Å²) in [5, 5.41) is 27.7. The van der Waals surface area contributed by atoms with Crippen molar-refractivity contribution < 1.29 is 72.4 Å². The number of aliphatic carboxylic acids is 1. The second kappa shape index (κ2) is 36.8. The number of benzene rings is 1. The van der Waals surface area contributed by atoms with E-state index in [0.29, 0.717) is 56.3 Å². The minimum Gasteiger partial charge on any atom is -0.481 e. The molecular formula is C66H107N7O15. The number of nitrogens with two attached hydrogens (primary N) is 1. The molecule has 14 atom stereocenters. The summed E-state index contributed by atoms with van der Waals surface area (Å²) < 4.78 is 17.7. The Balaban J connectivity index is 1.35. The minimum atomic E-state index is -1.05. The van der Waals surface area contributed by atoms with Gasteiger partial charge in [-0.2, -0.15) is 0 Å². The van der Waals surface area contributed by atoms with Crippen LogP contribution in [0.25, 0.3) is 0 Å². The van der Waals surface area contributed by atoms with Crippen LogP contribution in [-0.2, 0) is 63.8 Å². The quantitative estimate of drug-likeness (QED) is 0.0386. The topological polar surface area (TPSA) is 311 Å². The number of nitrogens with one attached hydrogen (secondary N) is 3. The van der Waals surface area contributed by atoms with Gasteiger partial charge in [-0.05, 0) is 112 Å². The predicted molar refractivity (Wildman–Crippen MR) is 334 cm³/mol. The van der Waals surface area contributed by atoms with Crippen LogP contribution in [0.1, 0.15) is 164 Å². The monoisotopic (exact) mass is 1240 g/mol. The molecule has 2 saturated heterocycles. The van der Waals surface area contributed by atoms with Crippen molar-refractivity contribution in [2.45, 2.75) is 207 Å². The number of urea groups is 1. The number of nitrogens with zero attached hydrogens (tertiary/aromatic N) is 3. The zero-order valence-corrected chi connectivity index (χ0v) is 54.7. The van der Waals surface area contributed by atoms with Gasteiger partial charge in [-0.25, -0.2) is 4.79 Å². The number of ketones is 4. The van der Waals surface area contributed by atoms with Crippen LogP contribution in [0, 0.1) is 53.3 Å². The van der Waals surface area contributed by atoms with E-state index >= 15 is 0 Å². The largest absolute Gasteiger partial charge is 0.481 e. The van der Waals surface area contributed by atoms with Crippen LogP contribution >= 0.6 is 0 Å². The lowest BCUT2D eigenvalue weighted by Gasteiger charge is -2.41. The molecule has 496 valence electrons. The fourth-order valence-electron chi connectivity index (χ4n) is 13.6. The van der Waals surface area contributed by atoms with Crippen molar-refractivity contribution in [1.29, 1.82) is 0 Å². The Morgan fingerprint density at radius 2 is 1.50 bits per heavy atom. The highest BCUT2D eigenvalue weighted by molar-refractivity contribution is 5.97. The molecule has 3 aliphatic rings. The van der Waals surface area contributed by atoms with Gasteiger partial charge in [0.25, 0.3) is 0 Å². The number of methoxy groups -OCH3 is 2. The number of Topliss-reactive ketones (excluding diaryl/α,β-unsaturated/α-hetero) is 4. The summed E-state index contributed by atoms with van der Waals surface area (Å²) in [5.41, 5.74) is 6.49. The zero-order valence-electron chi connectivity index (χ0n) is 54.7. The maximum absolute atomic E-state index is 14.6. The molecule has 22 heteroatoms. The molecule has 4 rings (SSSR count). The number of piperidine rings is 1. The van der Waals surface area contributed by atoms with Crippen LogP contribution in [0.5, 0.6) is 0 Å². The normalized spacial score (nSPS) is 20.9. The third-order valence-electron chi connectivity index (χ3n) is 19.0. The Labute approximate surface area is 522 Å². The van der Waals surface area contributed by atoms with Crippen LogP contribution in [0.15, 0.2) is 24.3 Å². The number of aliphatic hydroxyl groups is 1. The number of carbonyl (C=O) groups excluding carboxylic acids is 9. The van der Waals surface area contributed by atoms with Crippen molar-refractivity contribution in [3.63, 3.8) is 0 Å². The number of hydrogen-bond acceptors (Lipinski definition) is 15. The number of hydrogen-bond donors (Lipinski definition) is 6. The highest BCUT2D eigenvalue weighted by atomic mass is 16.5. The van der Waals surface area contributed by atoms with E-state index in [1.165, 1.54) is 0 Å². The molecule has 1 unspecified atom stereocenters. The molecule has 2 aliphatic heterocycles. The number of likely N-dealkylation sites (tertiary alicyclic amines) is 2. The van der Waals surface area contributed by atoms with Crippen LogP contribution in [-0.4, -0.2) is 187 Å². The van der Waals surface area contributed by atoms with Crippen molar-refractivity contribution in [2.24, 2.45) is 59.0 Å². The number of primary amides is 1. The van der Waals surface area contributed by atoms with E-state index in [9.17, 15) is 53.1 Å². The Hall–Kier alpha value is -5.68. The average Bonchev–Trinajstić information content (AvgIpc) is 2.24. The van der Waals surface area contributed by atoms with Crippen molar-refractivity contribution >= 4 is 64.4 Å². The molecule has 6 amide bonds. The van der Waals surface area contributed by atoms with E-state index < -0.39 is 83.7 Å². The summed E-state index contributed by atoms with van der Waals surface area (Å²) in [7, 11) is 6.91. The van der Waals surface area contributed by atoms with E-state index in [0.717, 1.165) is 31.2 Å². The molecule has 0 aromatic heterocycles. The highest BCUT2D eigenvalue weighted by Gasteiger charge is 2.49. The summed E-state index contributed by atoms with van der Waals surface area (Å²) in [6.07, 6.45) is 5.03. The van der Waals surface area contributed by atoms with Crippen LogP contribution in [0.4, 0.5) is 10.5 Å². The lowest BCUT2D eigenvalue weighted by molar-refractivity contribution is -0.149. The summed E-state index contributed by atoms with van der Waals surface area (Å²) in [4.78, 5) is 138. The fraction of sp³-hybridized carbons (Fsp3) is 0.758. The number of carbonyl (C=O) groups is 10. The fourth-order valence-corrected chi connectivity index (χ4v) is 13.6. The van der Waals surface area contributed by atoms with E-state index in [2.05, 4.69) is 27.8 Å². The van der Waals surface area contributed by atoms with Gasteiger partial charge in [-0.1, -0.05) is 73.9 Å².